The summed E-state index contributed by atoms with van der Waals surface area (Å²) in [6.07, 6.45) is 6.51. The predicted octanol–water partition coefficient (Wildman–Crippen LogP) is 5.22. The number of thiazole rings is 1. The molecule has 2 rings (SSSR count). The zero-order chi connectivity index (χ0) is 32.1. The van der Waals surface area contributed by atoms with Gasteiger partial charge < -0.3 is 15.2 Å². The Morgan fingerprint density at radius 2 is 1.88 bits per heavy atom. The first kappa shape index (κ1) is 36.6. The summed E-state index contributed by atoms with van der Waals surface area (Å²) in [5.74, 6) is -2.51. The van der Waals surface area contributed by atoms with E-state index in [0.717, 1.165) is 62.8 Å². The molecule has 0 aliphatic carbocycles. The lowest BCUT2D eigenvalue weighted by molar-refractivity contribution is -0.213. The van der Waals surface area contributed by atoms with Crippen LogP contribution < -0.4 is 5.32 Å². The van der Waals surface area contributed by atoms with Gasteiger partial charge in [0.25, 0.3) is 5.91 Å². The summed E-state index contributed by atoms with van der Waals surface area (Å²) in [5.41, 5.74) is -0.134. The van der Waals surface area contributed by atoms with Crippen molar-refractivity contribution in [1.82, 2.24) is 20.3 Å². The molecule has 0 aromatic carbocycles. The fourth-order valence-corrected chi connectivity index (χ4v) is 6.12. The number of nitrogens with one attached hydrogen (secondary N) is 1. The summed E-state index contributed by atoms with van der Waals surface area (Å²) in [5, 5.41) is 15.6. The number of piperidine rings is 1. The van der Waals surface area contributed by atoms with Crippen LogP contribution in [0.25, 0.3) is 0 Å². The summed E-state index contributed by atoms with van der Waals surface area (Å²) < 4.78 is 5.63. The fraction of sp³-hybridized carbons (Fsp3) is 0.774. The van der Waals surface area contributed by atoms with Crippen molar-refractivity contribution in [2.75, 3.05) is 20.2 Å². The number of aromatic carboxylic acids is 1. The molecule has 244 valence electrons. The molecule has 5 atom stereocenters. The molecular formula is C31H52N4O7S. The molecule has 1 aliphatic rings. The summed E-state index contributed by atoms with van der Waals surface area (Å²) in [6.45, 7) is 12.4. The number of carboxylic acids is 1. The van der Waals surface area contributed by atoms with E-state index < -0.39 is 30.1 Å². The third-order valence-corrected chi connectivity index (χ3v) is 9.08. The van der Waals surface area contributed by atoms with Gasteiger partial charge in [-0.3, -0.25) is 24.1 Å². The molecule has 12 heteroatoms. The normalized spacial score (nSPS) is 18.5. The summed E-state index contributed by atoms with van der Waals surface area (Å²) in [4.78, 5) is 64.0. The average Bonchev–Trinajstić information content (AvgIpc) is 3.46. The predicted molar refractivity (Wildman–Crippen MR) is 165 cm³/mol. The van der Waals surface area contributed by atoms with Crippen molar-refractivity contribution >= 4 is 35.1 Å². The summed E-state index contributed by atoms with van der Waals surface area (Å²) in [6, 6.07) is -1.66. The van der Waals surface area contributed by atoms with Crippen molar-refractivity contribution in [2.24, 2.45) is 11.8 Å². The monoisotopic (exact) mass is 624 g/mol. The number of hydroxylamine groups is 2. The van der Waals surface area contributed by atoms with Crippen molar-refractivity contribution < 1.29 is 33.9 Å². The molecule has 2 N–H and O–H groups in total. The van der Waals surface area contributed by atoms with E-state index in [0.29, 0.717) is 18.0 Å². The number of likely N-dealkylation sites (N-methyl/N-ethyl adjacent to an activating group) is 1. The molecule has 0 radical (unpaired) electrons. The molecule has 43 heavy (non-hydrogen) atoms. The Morgan fingerprint density at radius 1 is 1.16 bits per heavy atom. The zero-order valence-electron chi connectivity index (χ0n) is 27.0. The van der Waals surface area contributed by atoms with Gasteiger partial charge in [0, 0.05) is 18.7 Å². The highest BCUT2D eigenvalue weighted by molar-refractivity contribution is 7.09. The van der Waals surface area contributed by atoms with E-state index in [1.165, 1.54) is 17.4 Å². The maximum absolute atomic E-state index is 14.4. The minimum absolute atomic E-state index is 0.130. The van der Waals surface area contributed by atoms with Crippen LogP contribution in [0.4, 0.5) is 0 Å². The highest BCUT2D eigenvalue weighted by Gasteiger charge is 2.39. The van der Waals surface area contributed by atoms with Gasteiger partial charge in [-0.2, -0.15) is 0 Å². The molecule has 2 heterocycles. The second-order valence-electron chi connectivity index (χ2n) is 11.9. The number of likely N-dealkylation sites (tertiary alicyclic amines) is 1. The standard InChI is InChI=1S/C31H52N4O7S/c1-8-10-11-14-17-41-35(30(38)27(21(5)9-2)33-28(37)24-15-12-13-16-34(24)7)25(20(3)4)18-26(42-22(6)36)29-32-23(19-43-29)31(39)40/h19-21,24-27H,8-18H2,1-7H3,(H,33,37)(H,39,40)/t21?,24-,25?,26?,27?/m1/s1. The van der Waals surface area contributed by atoms with Gasteiger partial charge in [0.05, 0.1) is 18.7 Å². The quantitative estimate of drug-likeness (QED) is 0.128. The Hall–Kier alpha value is -2.57. The first-order valence-electron chi connectivity index (χ1n) is 15.7. The number of ether oxygens (including phenoxy) is 1. The van der Waals surface area contributed by atoms with Crippen LogP contribution in [0.5, 0.6) is 0 Å². The van der Waals surface area contributed by atoms with Crippen LogP contribution in [0, 0.1) is 11.8 Å². The third-order valence-electron chi connectivity index (χ3n) is 8.15. The number of hydrogen-bond acceptors (Lipinski definition) is 9. The van der Waals surface area contributed by atoms with E-state index in [4.69, 9.17) is 9.57 Å². The minimum Gasteiger partial charge on any atom is -0.476 e. The largest absolute Gasteiger partial charge is 0.476 e. The van der Waals surface area contributed by atoms with E-state index >= 15 is 0 Å². The number of carbonyl (C=O) groups is 4. The van der Waals surface area contributed by atoms with Gasteiger partial charge in [-0.15, -0.1) is 11.3 Å². The number of carbonyl (C=O) groups excluding carboxylic acids is 3. The van der Waals surface area contributed by atoms with Gasteiger partial charge in [0.1, 0.15) is 11.0 Å². The highest BCUT2D eigenvalue weighted by atomic mass is 32.1. The van der Waals surface area contributed by atoms with Crippen molar-refractivity contribution in [2.45, 2.75) is 124 Å². The van der Waals surface area contributed by atoms with Crippen molar-refractivity contribution in [1.29, 1.82) is 0 Å². The lowest BCUT2D eigenvalue weighted by Gasteiger charge is -2.39. The molecule has 1 aromatic rings. The molecule has 11 nitrogen and oxygen atoms in total. The van der Waals surface area contributed by atoms with E-state index in [9.17, 15) is 24.3 Å². The molecule has 0 saturated carbocycles. The molecular weight excluding hydrogens is 572 g/mol. The Labute approximate surface area is 260 Å². The molecule has 1 aliphatic heterocycles. The van der Waals surface area contributed by atoms with E-state index in [-0.39, 0.29) is 41.8 Å². The van der Waals surface area contributed by atoms with Gasteiger partial charge in [0.2, 0.25) is 5.91 Å². The zero-order valence-corrected chi connectivity index (χ0v) is 27.8. The van der Waals surface area contributed by atoms with Gasteiger partial charge in [-0.25, -0.2) is 14.8 Å². The van der Waals surface area contributed by atoms with E-state index in [1.54, 1.807) is 0 Å². The van der Waals surface area contributed by atoms with Crippen LogP contribution in [0.15, 0.2) is 5.38 Å². The second kappa shape index (κ2) is 18.3. The smallest absolute Gasteiger partial charge is 0.355 e. The third kappa shape index (κ3) is 11.1. The molecule has 0 bridgehead atoms. The summed E-state index contributed by atoms with van der Waals surface area (Å²) >= 11 is 1.09. The number of amides is 2. The SMILES string of the molecule is CCCCCCON(C(=O)C(NC(=O)[C@H]1CCCCN1C)C(C)CC)C(CC(OC(C)=O)c1nc(C(=O)O)cs1)C(C)C. The molecule has 1 saturated heterocycles. The average molecular weight is 625 g/mol. The molecule has 0 spiro atoms. The summed E-state index contributed by atoms with van der Waals surface area (Å²) in [7, 11) is 1.94. The van der Waals surface area contributed by atoms with Gasteiger partial charge >= 0.3 is 11.9 Å². The molecule has 1 aromatic heterocycles. The van der Waals surface area contributed by atoms with Crippen molar-refractivity contribution in [3.05, 3.63) is 16.1 Å². The van der Waals surface area contributed by atoms with Gasteiger partial charge in [0.15, 0.2) is 11.8 Å². The first-order valence-corrected chi connectivity index (χ1v) is 16.6. The van der Waals surface area contributed by atoms with Crippen molar-refractivity contribution in [3.8, 4) is 0 Å². The number of unbranched alkanes of at least 4 members (excludes halogenated alkanes) is 3. The van der Waals surface area contributed by atoms with Crippen LogP contribution in [-0.4, -0.2) is 82.1 Å². The van der Waals surface area contributed by atoms with Crippen LogP contribution in [-0.2, 0) is 24.0 Å². The Bertz CT molecular complexity index is 1050. The van der Waals surface area contributed by atoms with Gasteiger partial charge in [-0.1, -0.05) is 66.7 Å². The second-order valence-corrected chi connectivity index (χ2v) is 12.8. The first-order chi connectivity index (χ1) is 20.4. The van der Waals surface area contributed by atoms with Gasteiger partial charge in [-0.05, 0) is 44.7 Å². The van der Waals surface area contributed by atoms with E-state index in [2.05, 4.69) is 17.2 Å². The van der Waals surface area contributed by atoms with Crippen LogP contribution in [0.1, 0.15) is 121 Å². The minimum atomic E-state index is -1.17. The maximum Gasteiger partial charge on any atom is 0.355 e. The van der Waals surface area contributed by atoms with Crippen LogP contribution >= 0.6 is 11.3 Å². The van der Waals surface area contributed by atoms with Crippen LogP contribution in [0.2, 0.25) is 0 Å². The molecule has 4 unspecified atom stereocenters. The number of hydrogen-bond donors (Lipinski definition) is 2. The number of carboxylic acid groups (broad SMARTS) is 1. The lowest BCUT2D eigenvalue weighted by atomic mass is 9.93. The lowest BCUT2D eigenvalue weighted by Crippen LogP contribution is -2.58. The maximum atomic E-state index is 14.4. The molecule has 2 amide bonds. The molecule has 1 fully saturated rings. The highest BCUT2D eigenvalue weighted by Crippen LogP contribution is 2.32. The number of esters is 1. The van der Waals surface area contributed by atoms with Crippen LogP contribution in [0.3, 0.4) is 0 Å². The number of rotatable bonds is 18. The Kier molecular flexibility index (Phi) is 15.6. The number of aromatic nitrogens is 1. The topological polar surface area (TPSA) is 138 Å². The Morgan fingerprint density at radius 3 is 2.44 bits per heavy atom. The van der Waals surface area contributed by atoms with Crippen molar-refractivity contribution in [3.63, 3.8) is 0 Å². The number of nitrogens with zero attached hydrogens (tertiary/aromatic N) is 3. The fourth-order valence-electron chi connectivity index (χ4n) is 5.28. The van der Waals surface area contributed by atoms with E-state index in [1.807, 2.05) is 39.6 Å². The Balaban J connectivity index is 2.43.